The van der Waals surface area contributed by atoms with Crippen LogP contribution in [-0.2, 0) is 0 Å². The van der Waals surface area contributed by atoms with E-state index in [1.807, 2.05) is 0 Å². The van der Waals surface area contributed by atoms with Crippen molar-refractivity contribution >= 4 is 22.0 Å². The molecule has 0 radical (unpaired) electrons. The van der Waals surface area contributed by atoms with E-state index in [-0.39, 0.29) is 4.83 Å². The van der Waals surface area contributed by atoms with Gasteiger partial charge in [-0.3, -0.25) is 0 Å². The van der Waals surface area contributed by atoms with Crippen molar-refractivity contribution in [1.82, 2.24) is 4.90 Å². The molecule has 1 amide bonds. The Kier molecular flexibility index (Phi) is 3.34. The second kappa shape index (κ2) is 4.09. The van der Waals surface area contributed by atoms with Gasteiger partial charge in [0.15, 0.2) is 0 Å². The molecule has 5 heteroatoms. The molecule has 12 heavy (non-hydrogen) atoms. The number of aliphatic hydroxyl groups excluding tert-OH is 1. The second-order valence-electron chi connectivity index (χ2n) is 2.95. The molecule has 4 nitrogen and oxygen atoms in total. The third-order valence-electron chi connectivity index (χ3n) is 2.01. The maximum atomic E-state index is 10.6. The number of rotatable bonds is 0. The van der Waals surface area contributed by atoms with E-state index in [9.17, 15) is 9.90 Å². The lowest BCUT2D eigenvalue weighted by Crippen LogP contribution is -2.35. The topological polar surface area (TPSA) is 60.8 Å². The lowest BCUT2D eigenvalue weighted by Gasteiger charge is -2.19. The highest BCUT2D eigenvalue weighted by molar-refractivity contribution is 9.09. The Morgan fingerprint density at radius 3 is 2.83 bits per heavy atom. The van der Waals surface area contributed by atoms with Crippen LogP contribution in [0.25, 0.3) is 0 Å². The SMILES string of the molecule is O=C(O)N1CCCC(O)C(Br)C1. The van der Waals surface area contributed by atoms with E-state index in [1.165, 1.54) is 4.90 Å². The van der Waals surface area contributed by atoms with Crippen molar-refractivity contribution in [3.05, 3.63) is 0 Å². The van der Waals surface area contributed by atoms with Crippen molar-refractivity contribution in [1.29, 1.82) is 0 Å². The van der Waals surface area contributed by atoms with E-state index in [2.05, 4.69) is 15.9 Å². The highest BCUT2D eigenvalue weighted by Gasteiger charge is 2.25. The van der Waals surface area contributed by atoms with Gasteiger partial charge in [-0.05, 0) is 12.8 Å². The molecule has 1 aliphatic heterocycles. The summed E-state index contributed by atoms with van der Waals surface area (Å²) < 4.78 is 0. The zero-order valence-electron chi connectivity index (χ0n) is 6.61. The number of amides is 1. The Balaban J connectivity index is 2.54. The molecule has 2 N–H and O–H groups in total. The summed E-state index contributed by atoms with van der Waals surface area (Å²) in [6, 6.07) is 0. The van der Waals surface area contributed by atoms with Crippen LogP contribution in [0.4, 0.5) is 4.79 Å². The maximum Gasteiger partial charge on any atom is 0.407 e. The van der Waals surface area contributed by atoms with Gasteiger partial charge in [0.05, 0.1) is 10.9 Å². The van der Waals surface area contributed by atoms with Crippen LogP contribution < -0.4 is 0 Å². The van der Waals surface area contributed by atoms with Crippen LogP contribution in [-0.4, -0.2) is 45.2 Å². The predicted molar refractivity (Wildman–Crippen MR) is 47.6 cm³/mol. The van der Waals surface area contributed by atoms with Gasteiger partial charge in [0.1, 0.15) is 0 Å². The average Bonchev–Trinajstić information content (AvgIpc) is 2.15. The van der Waals surface area contributed by atoms with E-state index in [1.54, 1.807) is 0 Å². The number of aliphatic hydroxyl groups is 1. The van der Waals surface area contributed by atoms with Crippen LogP contribution in [0.5, 0.6) is 0 Å². The molecule has 0 aromatic rings. The molecular weight excluding hydrogens is 226 g/mol. The van der Waals surface area contributed by atoms with Gasteiger partial charge < -0.3 is 15.1 Å². The molecule has 70 valence electrons. The Hall–Kier alpha value is -0.290. The van der Waals surface area contributed by atoms with E-state index in [4.69, 9.17) is 5.11 Å². The Bertz CT molecular complexity index is 176. The fraction of sp³-hybridized carbons (Fsp3) is 0.857. The molecular formula is C7H12BrNO3. The highest BCUT2D eigenvalue weighted by Crippen LogP contribution is 2.17. The number of hydrogen-bond acceptors (Lipinski definition) is 2. The zero-order valence-corrected chi connectivity index (χ0v) is 8.20. The minimum Gasteiger partial charge on any atom is -0.465 e. The first-order chi connectivity index (χ1) is 5.61. The molecule has 1 aliphatic rings. The van der Waals surface area contributed by atoms with Crippen LogP contribution >= 0.6 is 15.9 Å². The van der Waals surface area contributed by atoms with Gasteiger partial charge >= 0.3 is 6.09 Å². The monoisotopic (exact) mass is 237 g/mol. The van der Waals surface area contributed by atoms with Crippen LogP contribution in [0.1, 0.15) is 12.8 Å². The molecule has 0 bridgehead atoms. The Morgan fingerprint density at radius 2 is 2.25 bits per heavy atom. The fourth-order valence-electron chi connectivity index (χ4n) is 1.27. The van der Waals surface area contributed by atoms with E-state index >= 15 is 0 Å². The predicted octanol–water partition coefficient (Wildman–Crippen LogP) is 0.885. The van der Waals surface area contributed by atoms with Crippen molar-refractivity contribution in [2.24, 2.45) is 0 Å². The van der Waals surface area contributed by atoms with Gasteiger partial charge in [0.2, 0.25) is 0 Å². The first-order valence-electron chi connectivity index (χ1n) is 3.91. The number of likely N-dealkylation sites (tertiary alicyclic amines) is 1. The largest absolute Gasteiger partial charge is 0.465 e. The Morgan fingerprint density at radius 1 is 1.58 bits per heavy atom. The van der Waals surface area contributed by atoms with E-state index in [0.29, 0.717) is 19.5 Å². The molecule has 0 spiro atoms. The van der Waals surface area contributed by atoms with Crippen LogP contribution in [0.15, 0.2) is 0 Å². The molecule has 0 aromatic heterocycles. The molecule has 1 rings (SSSR count). The first-order valence-corrected chi connectivity index (χ1v) is 4.83. The lowest BCUT2D eigenvalue weighted by molar-refractivity contribution is 0.141. The third kappa shape index (κ3) is 2.35. The first kappa shape index (κ1) is 9.80. The molecule has 2 atom stereocenters. The fourth-order valence-corrected chi connectivity index (χ4v) is 1.88. The smallest absolute Gasteiger partial charge is 0.407 e. The van der Waals surface area contributed by atoms with Crippen LogP contribution in [0.3, 0.4) is 0 Å². The van der Waals surface area contributed by atoms with Crippen molar-refractivity contribution < 1.29 is 15.0 Å². The molecule has 1 heterocycles. The molecule has 1 fully saturated rings. The average molecular weight is 238 g/mol. The molecule has 2 unspecified atom stereocenters. The minimum absolute atomic E-state index is 0.129. The maximum absolute atomic E-state index is 10.6. The van der Waals surface area contributed by atoms with E-state index in [0.717, 1.165) is 6.42 Å². The van der Waals surface area contributed by atoms with Crippen molar-refractivity contribution in [2.45, 2.75) is 23.8 Å². The van der Waals surface area contributed by atoms with Crippen molar-refractivity contribution in [3.8, 4) is 0 Å². The minimum atomic E-state index is -0.909. The Labute approximate surface area is 79.3 Å². The lowest BCUT2D eigenvalue weighted by atomic mass is 10.2. The number of carboxylic acid groups (broad SMARTS) is 1. The summed E-state index contributed by atoms with van der Waals surface area (Å²) in [6.07, 6.45) is 0.0674. The van der Waals surface area contributed by atoms with Crippen LogP contribution in [0, 0.1) is 0 Å². The summed E-state index contributed by atoms with van der Waals surface area (Å²) in [4.78, 5) is 11.8. The van der Waals surface area contributed by atoms with Gasteiger partial charge in [0.25, 0.3) is 0 Å². The van der Waals surface area contributed by atoms with Gasteiger partial charge in [0, 0.05) is 13.1 Å². The normalized spacial score (nSPS) is 31.3. The van der Waals surface area contributed by atoms with Gasteiger partial charge in [-0.1, -0.05) is 15.9 Å². The summed E-state index contributed by atoms with van der Waals surface area (Å²) in [5, 5.41) is 18.1. The van der Waals surface area contributed by atoms with Crippen molar-refractivity contribution in [3.63, 3.8) is 0 Å². The third-order valence-corrected chi connectivity index (χ3v) is 2.91. The second-order valence-corrected chi connectivity index (χ2v) is 4.13. The summed E-state index contributed by atoms with van der Waals surface area (Å²) >= 11 is 3.26. The van der Waals surface area contributed by atoms with Gasteiger partial charge in [-0.25, -0.2) is 4.79 Å². The summed E-state index contributed by atoms with van der Waals surface area (Å²) in [7, 11) is 0. The molecule has 0 aliphatic carbocycles. The molecule has 1 saturated heterocycles. The summed E-state index contributed by atoms with van der Waals surface area (Å²) in [6.45, 7) is 0.894. The number of nitrogens with zero attached hydrogens (tertiary/aromatic N) is 1. The number of alkyl halides is 1. The summed E-state index contributed by atoms with van der Waals surface area (Å²) in [5.41, 5.74) is 0. The van der Waals surface area contributed by atoms with Gasteiger partial charge in [-0.15, -0.1) is 0 Å². The molecule has 0 aromatic carbocycles. The summed E-state index contributed by atoms with van der Waals surface area (Å²) in [5.74, 6) is 0. The van der Waals surface area contributed by atoms with Gasteiger partial charge in [-0.2, -0.15) is 0 Å². The number of halogens is 1. The van der Waals surface area contributed by atoms with Crippen molar-refractivity contribution in [2.75, 3.05) is 13.1 Å². The quantitative estimate of drug-likeness (QED) is 0.616. The number of hydrogen-bond donors (Lipinski definition) is 2. The zero-order chi connectivity index (χ0) is 9.14. The standard InChI is InChI=1S/C7H12BrNO3/c8-5-4-9(7(11)12)3-1-2-6(5)10/h5-6,10H,1-4H2,(H,11,12). The van der Waals surface area contributed by atoms with E-state index < -0.39 is 12.2 Å². The molecule has 0 saturated carbocycles. The number of carbonyl (C=O) groups is 1. The highest BCUT2D eigenvalue weighted by atomic mass is 79.9. The van der Waals surface area contributed by atoms with Crippen LogP contribution in [0.2, 0.25) is 0 Å².